The van der Waals surface area contributed by atoms with Gasteiger partial charge in [0.15, 0.2) is 0 Å². The van der Waals surface area contributed by atoms with Crippen molar-refractivity contribution < 1.29 is 8.42 Å². The molecule has 7 heteroatoms. The van der Waals surface area contributed by atoms with E-state index in [0.29, 0.717) is 31.9 Å². The van der Waals surface area contributed by atoms with E-state index in [9.17, 15) is 8.42 Å². The lowest BCUT2D eigenvalue weighted by Gasteiger charge is -2.27. The van der Waals surface area contributed by atoms with Crippen molar-refractivity contribution in [3.05, 3.63) is 27.7 Å². The molecule has 1 fully saturated rings. The van der Waals surface area contributed by atoms with Gasteiger partial charge in [-0.3, -0.25) is 4.72 Å². The Morgan fingerprint density at radius 2 is 1.74 bits per heavy atom. The molecular weight excluding hydrogens is 330 g/mol. The summed E-state index contributed by atoms with van der Waals surface area (Å²) in [5.74, 6) is 0. The maximum absolute atomic E-state index is 12.2. The number of aryl methyl sites for hydroxylation is 2. The minimum atomic E-state index is -3.45. The zero-order valence-corrected chi connectivity index (χ0v) is 13.4. The highest BCUT2D eigenvalue weighted by atomic mass is 79.9. The van der Waals surface area contributed by atoms with Crippen LogP contribution in [0.4, 0.5) is 5.69 Å². The van der Waals surface area contributed by atoms with E-state index in [0.717, 1.165) is 15.6 Å². The zero-order valence-electron chi connectivity index (χ0n) is 11.0. The van der Waals surface area contributed by atoms with Crippen molar-refractivity contribution in [3.63, 3.8) is 0 Å². The molecule has 106 valence electrons. The van der Waals surface area contributed by atoms with Gasteiger partial charge in [-0.2, -0.15) is 12.7 Å². The predicted octanol–water partition coefficient (Wildman–Crippen LogP) is 1.63. The van der Waals surface area contributed by atoms with Crippen LogP contribution in [0, 0.1) is 13.8 Å². The van der Waals surface area contributed by atoms with Gasteiger partial charge >= 0.3 is 10.2 Å². The summed E-state index contributed by atoms with van der Waals surface area (Å²) in [7, 11) is -3.45. The van der Waals surface area contributed by atoms with E-state index >= 15 is 0 Å². The van der Waals surface area contributed by atoms with Gasteiger partial charge in [-0.15, -0.1) is 0 Å². The van der Waals surface area contributed by atoms with E-state index < -0.39 is 10.2 Å². The number of nitrogens with one attached hydrogen (secondary N) is 2. The average molecular weight is 348 g/mol. The summed E-state index contributed by atoms with van der Waals surface area (Å²) in [4.78, 5) is 0. The summed E-state index contributed by atoms with van der Waals surface area (Å²) in [6.45, 7) is 6.28. The molecule has 19 heavy (non-hydrogen) atoms. The molecule has 0 aliphatic carbocycles. The third-order valence-electron chi connectivity index (χ3n) is 3.10. The van der Waals surface area contributed by atoms with Crippen LogP contribution < -0.4 is 10.0 Å². The van der Waals surface area contributed by atoms with Gasteiger partial charge in [0.25, 0.3) is 0 Å². The first-order chi connectivity index (χ1) is 8.90. The first-order valence-electron chi connectivity index (χ1n) is 6.15. The van der Waals surface area contributed by atoms with E-state index in [4.69, 9.17) is 0 Å². The molecule has 0 bridgehead atoms. The predicted molar refractivity (Wildman–Crippen MR) is 80.6 cm³/mol. The molecule has 1 saturated heterocycles. The standard InChI is InChI=1S/C12H18BrN3O2S/c1-9-7-11(8-10(2)12(9)13)15-19(17,18)16-5-3-14-4-6-16/h7-8,14-15H,3-6H2,1-2H3. The van der Waals surface area contributed by atoms with Crippen LogP contribution in [0.5, 0.6) is 0 Å². The lowest BCUT2D eigenvalue weighted by atomic mass is 10.1. The minimum absolute atomic E-state index is 0.504. The van der Waals surface area contributed by atoms with Gasteiger partial charge in [0.2, 0.25) is 0 Å². The molecule has 1 heterocycles. The van der Waals surface area contributed by atoms with Gasteiger partial charge in [-0.25, -0.2) is 0 Å². The number of hydrogen-bond donors (Lipinski definition) is 2. The second-order valence-corrected chi connectivity index (χ2v) is 7.14. The van der Waals surface area contributed by atoms with Crippen LogP contribution in [0.15, 0.2) is 16.6 Å². The summed E-state index contributed by atoms with van der Waals surface area (Å²) in [6, 6.07) is 3.66. The van der Waals surface area contributed by atoms with Crippen molar-refractivity contribution in [2.75, 3.05) is 30.9 Å². The number of benzene rings is 1. The SMILES string of the molecule is Cc1cc(NS(=O)(=O)N2CCNCC2)cc(C)c1Br. The van der Waals surface area contributed by atoms with Crippen LogP contribution >= 0.6 is 15.9 Å². The smallest absolute Gasteiger partial charge is 0.301 e. The minimum Gasteiger partial charge on any atom is -0.314 e. The van der Waals surface area contributed by atoms with E-state index in [1.165, 1.54) is 4.31 Å². The molecule has 0 aromatic heterocycles. The van der Waals surface area contributed by atoms with Gasteiger partial charge in [0.05, 0.1) is 5.69 Å². The maximum Gasteiger partial charge on any atom is 0.301 e. The number of halogens is 1. The molecule has 0 amide bonds. The van der Waals surface area contributed by atoms with Gasteiger partial charge in [0, 0.05) is 30.7 Å². The van der Waals surface area contributed by atoms with Crippen molar-refractivity contribution in [2.45, 2.75) is 13.8 Å². The normalized spacial score (nSPS) is 17.4. The Kier molecular flexibility index (Phi) is 4.50. The second kappa shape index (κ2) is 5.78. The van der Waals surface area contributed by atoms with Gasteiger partial charge in [0.1, 0.15) is 0 Å². The van der Waals surface area contributed by atoms with Crippen molar-refractivity contribution in [1.29, 1.82) is 0 Å². The molecule has 0 unspecified atom stereocenters. The van der Waals surface area contributed by atoms with Crippen molar-refractivity contribution in [3.8, 4) is 0 Å². The Balaban J connectivity index is 2.20. The Hall–Kier alpha value is -0.630. The Morgan fingerprint density at radius 1 is 1.21 bits per heavy atom. The van der Waals surface area contributed by atoms with Gasteiger partial charge < -0.3 is 5.32 Å². The average Bonchev–Trinajstić information content (AvgIpc) is 2.36. The summed E-state index contributed by atoms with van der Waals surface area (Å²) < 4.78 is 29.6. The lowest BCUT2D eigenvalue weighted by Crippen LogP contribution is -2.48. The molecule has 1 aliphatic rings. The number of rotatable bonds is 3. The van der Waals surface area contributed by atoms with Crippen LogP contribution in [-0.2, 0) is 10.2 Å². The molecule has 1 aromatic carbocycles. The largest absolute Gasteiger partial charge is 0.314 e. The lowest BCUT2D eigenvalue weighted by molar-refractivity contribution is 0.362. The summed E-state index contributed by atoms with van der Waals surface area (Å²) in [6.07, 6.45) is 0. The summed E-state index contributed by atoms with van der Waals surface area (Å²) in [5, 5.41) is 3.14. The molecule has 1 aliphatic heterocycles. The fourth-order valence-electron chi connectivity index (χ4n) is 2.10. The highest BCUT2D eigenvalue weighted by Crippen LogP contribution is 2.25. The maximum atomic E-state index is 12.2. The molecule has 0 atom stereocenters. The third kappa shape index (κ3) is 3.47. The Labute approximate surface area is 122 Å². The monoisotopic (exact) mass is 347 g/mol. The second-order valence-electron chi connectivity index (χ2n) is 4.68. The number of hydrogen-bond acceptors (Lipinski definition) is 3. The van der Waals surface area contributed by atoms with Crippen LogP contribution in [0.1, 0.15) is 11.1 Å². The first-order valence-corrected chi connectivity index (χ1v) is 8.39. The summed E-state index contributed by atoms with van der Waals surface area (Å²) >= 11 is 3.47. The third-order valence-corrected chi connectivity index (χ3v) is 5.89. The molecule has 2 N–H and O–H groups in total. The molecule has 5 nitrogen and oxygen atoms in total. The van der Waals surface area contributed by atoms with Crippen molar-refractivity contribution in [1.82, 2.24) is 9.62 Å². The van der Waals surface area contributed by atoms with Crippen LogP contribution in [0.3, 0.4) is 0 Å². The molecule has 0 spiro atoms. The van der Waals surface area contributed by atoms with Gasteiger partial charge in [-0.1, -0.05) is 15.9 Å². The molecule has 0 saturated carbocycles. The molecular formula is C12H18BrN3O2S. The number of anilines is 1. The first kappa shape index (κ1) is 14.8. The molecule has 2 rings (SSSR count). The van der Waals surface area contributed by atoms with E-state index in [-0.39, 0.29) is 0 Å². The Morgan fingerprint density at radius 3 is 2.26 bits per heavy atom. The van der Waals surface area contributed by atoms with E-state index in [1.807, 2.05) is 26.0 Å². The van der Waals surface area contributed by atoms with Crippen LogP contribution in [0.25, 0.3) is 0 Å². The Bertz CT molecular complexity index is 545. The fraction of sp³-hybridized carbons (Fsp3) is 0.500. The van der Waals surface area contributed by atoms with Crippen LogP contribution in [-0.4, -0.2) is 38.9 Å². The quantitative estimate of drug-likeness (QED) is 0.873. The molecule has 1 aromatic rings. The number of piperazine rings is 1. The number of nitrogens with zero attached hydrogens (tertiary/aromatic N) is 1. The summed E-state index contributed by atoms with van der Waals surface area (Å²) in [5.41, 5.74) is 2.63. The highest BCUT2D eigenvalue weighted by molar-refractivity contribution is 9.10. The van der Waals surface area contributed by atoms with E-state index in [2.05, 4.69) is 26.0 Å². The highest BCUT2D eigenvalue weighted by Gasteiger charge is 2.23. The topological polar surface area (TPSA) is 61.4 Å². The molecule has 0 radical (unpaired) electrons. The van der Waals surface area contributed by atoms with Crippen LogP contribution in [0.2, 0.25) is 0 Å². The van der Waals surface area contributed by atoms with Crippen molar-refractivity contribution in [2.24, 2.45) is 0 Å². The van der Waals surface area contributed by atoms with E-state index in [1.54, 1.807) is 0 Å². The van der Waals surface area contributed by atoms with Gasteiger partial charge in [-0.05, 0) is 37.1 Å². The zero-order chi connectivity index (χ0) is 14.0. The fourth-order valence-corrected chi connectivity index (χ4v) is 3.54. The van der Waals surface area contributed by atoms with Crippen molar-refractivity contribution >= 4 is 31.8 Å².